The Kier molecular flexibility index (Phi) is 5.09. The third-order valence-electron chi connectivity index (χ3n) is 1.77. The van der Waals surface area contributed by atoms with Crippen LogP contribution in [0.2, 0.25) is 0 Å². The zero-order chi connectivity index (χ0) is 10.6. The second kappa shape index (κ2) is 5.29. The van der Waals surface area contributed by atoms with Gasteiger partial charge in [0.2, 0.25) is 0 Å². The second-order valence-electron chi connectivity index (χ2n) is 3.24. The minimum atomic E-state index is -1.64. The fourth-order valence-electron chi connectivity index (χ4n) is 0.828. The standard InChI is InChI=1S/C8H16O5/c1-4(2)6(11)8(13)7(12)5(10)3-9/h4-5,7-10,12-13H,3H2,1-2H3. The molecule has 0 rings (SSSR count). The van der Waals surface area contributed by atoms with E-state index in [-0.39, 0.29) is 0 Å². The highest BCUT2D eigenvalue weighted by molar-refractivity contribution is 5.85. The summed E-state index contributed by atoms with van der Waals surface area (Å²) in [6, 6.07) is 0. The van der Waals surface area contributed by atoms with E-state index in [4.69, 9.17) is 15.3 Å². The van der Waals surface area contributed by atoms with E-state index in [9.17, 15) is 9.90 Å². The van der Waals surface area contributed by atoms with Crippen molar-refractivity contribution in [3.8, 4) is 0 Å². The summed E-state index contributed by atoms with van der Waals surface area (Å²) in [5, 5.41) is 35.7. The van der Waals surface area contributed by atoms with Crippen molar-refractivity contribution in [1.29, 1.82) is 0 Å². The monoisotopic (exact) mass is 192 g/mol. The van der Waals surface area contributed by atoms with Crippen LogP contribution in [0.25, 0.3) is 0 Å². The molecule has 5 heteroatoms. The maximum absolute atomic E-state index is 11.1. The van der Waals surface area contributed by atoms with Crippen LogP contribution in [0.5, 0.6) is 0 Å². The molecule has 0 heterocycles. The van der Waals surface area contributed by atoms with Gasteiger partial charge in [-0.15, -0.1) is 0 Å². The topological polar surface area (TPSA) is 98.0 Å². The lowest BCUT2D eigenvalue weighted by Crippen LogP contribution is -2.45. The molecule has 0 saturated heterocycles. The maximum Gasteiger partial charge on any atom is 0.166 e. The van der Waals surface area contributed by atoms with Crippen molar-refractivity contribution >= 4 is 5.78 Å². The molecule has 13 heavy (non-hydrogen) atoms. The van der Waals surface area contributed by atoms with Crippen molar-refractivity contribution in [1.82, 2.24) is 0 Å². The van der Waals surface area contributed by atoms with Crippen molar-refractivity contribution < 1.29 is 25.2 Å². The van der Waals surface area contributed by atoms with Crippen LogP contribution in [0, 0.1) is 5.92 Å². The Morgan fingerprint density at radius 3 is 2.00 bits per heavy atom. The van der Waals surface area contributed by atoms with Gasteiger partial charge < -0.3 is 20.4 Å². The van der Waals surface area contributed by atoms with Crippen LogP contribution in [0.1, 0.15) is 13.8 Å². The first-order valence-corrected chi connectivity index (χ1v) is 4.10. The molecule has 78 valence electrons. The van der Waals surface area contributed by atoms with Gasteiger partial charge in [0.15, 0.2) is 5.78 Å². The minimum Gasteiger partial charge on any atom is -0.394 e. The molecular weight excluding hydrogens is 176 g/mol. The number of ketones is 1. The molecule has 3 unspecified atom stereocenters. The number of carbonyl (C=O) groups is 1. The van der Waals surface area contributed by atoms with Crippen LogP contribution in [0.15, 0.2) is 0 Å². The quantitative estimate of drug-likeness (QED) is 0.415. The van der Waals surface area contributed by atoms with E-state index in [0.717, 1.165) is 0 Å². The summed E-state index contributed by atoms with van der Waals surface area (Å²) in [7, 11) is 0. The van der Waals surface area contributed by atoms with E-state index in [1.807, 2.05) is 0 Å². The van der Waals surface area contributed by atoms with E-state index >= 15 is 0 Å². The first-order valence-electron chi connectivity index (χ1n) is 4.10. The summed E-state index contributed by atoms with van der Waals surface area (Å²) in [5.41, 5.74) is 0. The van der Waals surface area contributed by atoms with Gasteiger partial charge in [-0.05, 0) is 0 Å². The molecule has 0 amide bonds. The van der Waals surface area contributed by atoms with Crippen LogP contribution < -0.4 is 0 Å². The lowest BCUT2D eigenvalue weighted by Gasteiger charge is -2.21. The predicted octanol–water partition coefficient (Wildman–Crippen LogP) is -1.71. The molecule has 4 N–H and O–H groups in total. The molecule has 0 bridgehead atoms. The third-order valence-corrected chi connectivity index (χ3v) is 1.77. The zero-order valence-corrected chi connectivity index (χ0v) is 7.71. The Morgan fingerprint density at radius 1 is 1.23 bits per heavy atom. The number of carbonyl (C=O) groups excluding carboxylic acids is 1. The highest BCUT2D eigenvalue weighted by Crippen LogP contribution is 2.06. The van der Waals surface area contributed by atoms with Gasteiger partial charge in [-0.25, -0.2) is 0 Å². The van der Waals surface area contributed by atoms with Gasteiger partial charge in [0, 0.05) is 5.92 Å². The van der Waals surface area contributed by atoms with Gasteiger partial charge in [0.1, 0.15) is 18.3 Å². The summed E-state index contributed by atoms with van der Waals surface area (Å²) >= 11 is 0. The van der Waals surface area contributed by atoms with Crippen molar-refractivity contribution in [3.63, 3.8) is 0 Å². The van der Waals surface area contributed by atoms with Crippen LogP contribution in [0.3, 0.4) is 0 Å². The number of hydrogen-bond acceptors (Lipinski definition) is 5. The summed E-state index contributed by atoms with van der Waals surface area (Å²) < 4.78 is 0. The highest BCUT2D eigenvalue weighted by atomic mass is 16.4. The Bertz CT molecular complexity index is 168. The Morgan fingerprint density at radius 2 is 1.69 bits per heavy atom. The minimum absolute atomic E-state index is 0.421. The third kappa shape index (κ3) is 3.40. The molecule has 0 aliphatic heterocycles. The summed E-state index contributed by atoms with van der Waals surface area (Å²) in [6.45, 7) is 2.46. The molecule has 0 saturated carbocycles. The Labute approximate surface area is 76.6 Å². The molecule has 5 nitrogen and oxygen atoms in total. The van der Waals surface area contributed by atoms with E-state index in [1.54, 1.807) is 13.8 Å². The zero-order valence-electron chi connectivity index (χ0n) is 7.71. The smallest absolute Gasteiger partial charge is 0.166 e. The molecule has 0 fully saturated rings. The highest BCUT2D eigenvalue weighted by Gasteiger charge is 2.30. The molecule has 0 spiro atoms. The summed E-state index contributed by atoms with van der Waals surface area (Å²) in [5.74, 6) is -0.976. The van der Waals surface area contributed by atoms with Crippen LogP contribution in [-0.4, -0.2) is 51.1 Å². The van der Waals surface area contributed by atoms with Gasteiger partial charge in [-0.1, -0.05) is 13.8 Å². The lowest BCUT2D eigenvalue weighted by atomic mass is 9.97. The number of hydrogen-bond donors (Lipinski definition) is 4. The molecule has 0 radical (unpaired) electrons. The average Bonchev–Trinajstić information content (AvgIpc) is 2.12. The van der Waals surface area contributed by atoms with Crippen molar-refractivity contribution in [2.45, 2.75) is 32.2 Å². The number of Topliss-reactive ketones (excluding diaryl/α,β-unsaturated/α-hetero) is 1. The van der Waals surface area contributed by atoms with Gasteiger partial charge in [0.25, 0.3) is 0 Å². The summed E-state index contributed by atoms with van der Waals surface area (Å²) in [6.07, 6.45) is -4.75. The largest absolute Gasteiger partial charge is 0.394 e. The maximum atomic E-state index is 11.1. The first-order chi connectivity index (χ1) is 5.91. The van der Waals surface area contributed by atoms with Crippen molar-refractivity contribution in [2.24, 2.45) is 5.92 Å². The molecule has 0 aromatic carbocycles. The van der Waals surface area contributed by atoms with Crippen molar-refractivity contribution in [3.05, 3.63) is 0 Å². The SMILES string of the molecule is CC(C)C(=O)C(O)C(O)C(O)CO. The normalized spacial score (nSPS) is 18.4. The molecule has 0 aliphatic rings. The number of aliphatic hydroxyl groups is 4. The van der Waals surface area contributed by atoms with Gasteiger partial charge in [-0.2, -0.15) is 0 Å². The fourth-order valence-corrected chi connectivity index (χ4v) is 0.828. The molecule has 3 atom stereocenters. The van der Waals surface area contributed by atoms with E-state index in [0.29, 0.717) is 0 Å². The van der Waals surface area contributed by atoms with Gasteiger partial charge >= 0.3 is 0 Å². The van der Waals surface area contributed by atoms with Crippen molar-refractivity contribution in [2.75, 3.05) is 6.61 Å². The van der Waals surface area contributed by atoms with Crippen LogP contribution in [-0.2, 0) is 4.79 Å². The van der Waals surface area contributed by atoms with Crippen LogP contribution >= 0.6 is 0 Å². The molecular formula is C8H16O5. The van der Waals surface area contributed by atoms with Gasteiger partial charge in [-0.3, -0.25) is 4.79 Å². The number of aliphatic hydroxyl groups excluding tert-OH is 4. The summed E-state index contributed by atoms with van der Waals surface area (Å²) in [4.78, 5) is 11.1. The fraction of sp³-hybridized carbons (Fsp3) is 0.875. The number of rotatable bonds is 5. The Balaban J connectivity index is 4.24. The Hall–Kier alpha value is -0.490. The first kappa shape index (κ1) is 12.5. The molecule has 0 aliphatic carbocycles. The predicted molar refractivity (Wildman–Crippen MR) is 45.0 cm³/mol. The lowest BCUT2D eigenvalue weighted by molar-refractivity contribution is -0.143. The molecule has 0 aromatic heterocycles. The van der Waals surface area contributed by atoms with E-state index < -0.39 is 36.6 Å². The second-order valence-corrected chi connectivity index (χ2v) is 3.24. The van der Waals surface area contributed by atoms with E-state index in [1.165, 1.54) is 0 Å². The van der Waals surface area contributed by atoms with E-state index in [2.05, 4.69) is 0 Å². The molecule has 0 aromatic rings. The average molecular weight is 192 g/mol. The van der Waals surface area contributed by atoms with Crippen LogP contribution in [0.4, 0.5) is 0 Å². The van der Waals surface area contributed by atoms with Gasteiger partial charge in [0.05, 0.1) is 6.61 Å².